The first-order valence-corrected chi connectivity index (χ1v) is 19.8. The summed E-state index contributed by atoms with van der Waals surface area (Å²) < 4.78 is 0. The summed E-state index contributed by atoms with van der Waals surface area (Å²) in [6.07, 6.45) is 12.3. The highest BCUT2D eigenvalue weighted by Gasteiger charge is 2.13. The number of nitrogens with zero attached hydrogens (tertiary/aromatic N) is 9. The van der Waals surface area contributed by atoms with E-state index < -0.39 is 0 Å². The van der Waals surface area contributed by atoms with E-state index in [1.807, 2.05) is 100 Å². The van der Waals surface area contributed by atoms with Crippen LogP contribution in [-0.2, 0) is 24.7 Å². The lowest BCUT2D eigenvalue weighted by Crippen LogP contribution is -2.24. The fraction of sp³-hybridized carbons (Fsp3) is 0.354. The summed E-state index contributed by atoms with van der Waals surface area (Å²) >= 11 is 0. The molecule has 0 amide bonds. The third-order valence-electron chi connectivity index (χ3n) is 9.43. The van der Waals surface area contributed by atoms with Gasteiger partial charge in [-0.1, -0.05) is 93.6 Å². The quantitative estimate of drug-likeness (QED) is 0.121. The molecule has 0 atom stereocenters. The van der Waals surface area contributed by atoms with Gasteiger partial charge in [0.25, 0.3) is 0 Å². The second-order valence-electron chi connectivity index (χ2n) is 15.8. The third kappa shape index (κ3) is 14.3. The van der Waals surface area contributed by atoms with Crippen molar-refractivity contribution in [1.29, 1.82) is 0 Å². The molecule has 4 aromatic heterocycles. The van der Waals surface area contributed by atoms with Crippen LogP contribution in [0.25, 0.3) is 0 Å². The Kier molecular flexibility index (Phi) is 16.5. The van der Waals surface area contributed by atoms with Gasteiger partial charge in [-0.2, -0.15) is 0 Å². The molecule has 0 N–H and O–H groups in total. The summed E-state index contributed by atoms with van der Waals surface area (Å²) in [5, 5.41) is 0. The number of hydrogen-bond donors (Lipinski definition) is 0. The summed E-state index contributed by atoms with van der Waals surface area (Å²) in [6.45, 7) is 12.8. The highest BCUT2D eigenvalue weighted by atomic mass is 15.2. The summed E-state index contributed by atoms with van der Waals surface area (Å²) in [5.41, 5.74) is 9.01. The van der Waals surface area contributed by atoms with Gasteiger partial charge in [0.15, 0.2) is 0 Å². The standard InChI is InChI=1S/C18H24N2.C16H23N5.C14H16N2/c1-18(2,3)16-9-6-14(7-10-16)12-15-8-11-17(19-13-15)20(4)5;1-5-21(6-2)16-18-11-14(12-19-16)9-13-7-8-15(17-10-13)20(3)4;1-16(2)14-9-8-13(11-15-14)10-12-6-4-3-5-7-12/h6-11,13H,12H2,1-5H3;7-8,10-12H,5-6,9H2,1-4H3;3-9,11H,10H2,1-2H3. The molecule has 300 valence electrons. The normalized spacial score (nSPS) is 10.7. The third-order valence-corrected chi connectivity index (χ3v) is 9.43. The number of aromatic nitrogens is 5. The molecule has 0 unspecified atom stereocenters. The van der Waals surface area contributed by atoms with Crippen molar-refractivity contribution in [3.63, 3.8) is 0 Å². The van der Waals surface area contributed by atoms with Crippen LogP contribution in [0.5, 0.6) is 0 Å². The van der Waals surface area contributed by atoms with Gasteiger partial charge in [-0.15, -0.1) is 0 Å². The Morgan fingerprint density at radius 1 is 0.404 bits per heavy atom. The zero-order valence-corrected chi connectivity index (χ0v) is 36.1. The summed E-state index contributed by atoms with van der Waals surface area (Å²) in [7, 11) is 12.0. The zero-order valence-electron chi connectivity index (χ0n) is 36.1. The number of hydrogen-bond acceptors (Lipinski definition) is 9. The molecule has 2 aromatic carbocycles. The van der Waals surface area contributed by atoms with Crippen LogP contribution in [0.2, 0.25) is 0 Å². The lowest BCUT2D eigenvalue weighted by molar-refractivity contribution is 0.590. The first-order chi connectivity index (χ1) is 27.2. The minimum atomic E-state index is 0.216. The van der Waals surface area contributed by atoms with E-state index in [0.29, 0.717) is 0 Å². The average Bonchev–Trinajstić information content (AvgIpc) is 3.20. The maximum absolute atomic E-state index is 4.46. The predicted molar refractivity (Wildman–Crippen MR) is 241 cm³/mol. The number of rotatable bonds is 12. The maximum Gasteiger partial charge on any atom is 0.225 e. The molecule has 6 rings (SSSR count). The van der Waals surface area contributed by atoms with Crippen LogP contribution >= 0.6 is 0 Å². The first kappa shape index (κ1) is 43.9. The molecule has 6 aromatic rings. The smallest absolute Gasteiger partial charge is 0.225 e. The van der Waals surface area contributed by atoms with Gasteiger partial charge >= 0.3 is 0 Å². The van der Waals surface area contributed by atoms with Crippen molar-refractivity contribution in [3.05, 3.63) is 161 Å². The fourth-order valence-corrected chi connectivity index (χ4v) is 5.89. The Morgan fingerprint density at radius 2 is 0.754 bits per heavy atom. The fourth-order valence-electron chi connectivity index (χ4n) is 5.89. The molecule has 0 fully saturated rings. The van der Waals surface area contributed by atoms with E-state index in [1.54, 1.807) is 0 Å². The summed E-state index contributed by atoms with van der Waals surface area (Å²) in [6, 6.07) is 31.9. The molecule has 0 bridgehead atoms. The van der Waals surface area contributed by atoms with E-state index >= 15 is 0 Å². The van der Waals surface area contributed by atoms with Gasteiger partial charge in [0.2, 0.25) is 5.95 Å². The molecule has 0 aliphatic heterocycles. The van der Waals surface area contributed by atoms with Crippen LogP contribution in [0.15, 0.2) is 122 Å². The van der Waals surface area contributed by atoms with Crippen molar-refractivity contribution in [1.82, 2.24) is 24.9 Å². The summed E-state index contributed by atoms with van der Waals surface area (Å²) in [4.78, 5) is 30.3. The van der Waals surface area contributed by atoms with E-state index in [2.05, 4.69) is 143 Å². The molecule has 0 aliphatic rings. The second-order valence-corrected chi connectivity index (χ2v) is 15.8. The largest absolute Gasteiger partial charge is 0.363 e. The average molecular weight is 766 g/mol. The van der Waals surface area contributed by atoms with Crippen molar-refractivity contribution in [2.45, 2.75) is 59.3 Å². The van der Waals surface area contributed by atoms with Gasteiger partial charge in [-0.25, -0.2) is 24.9 Å². The minimum absolute atomic E-state index is 0.216. The molecule has 0 spiro atoms. The van der Waals surface area contributed by atoms with Gasteiger partial charge in [-0.05, 0) is 89.2 Å². The first-order valence-electron chi connectivity index (χ1n) is 19.8. The van der Waals surface area contributed by atoms with Gasteiger partial charge in [0, 0.05) is 92.8 Å². The van der Waals surface area contributed by atoms with Crippen LogP contribution in [-0.4, -0.2) is 80.3 Å². The van der Waals surface area contributed by atoms with Crippen molar-refractivity contribution in [3.8, 4) is 0 Å². The molecular weight excluding hydrogens is 703 g/mol. The van der Waals surface area contributed by atoms with Crippen LogP contribution in [0.3, 0.4) is 0 Å². The molecule has 0 aliphatic carbocycles. The van der Waals surface area contributed by atoms with Crippen molar-refractivity contribution < 1.29 is 0 Å². The van der Waals surface area contributed by atoms with Gasteiger partial charge in [-0.3, -0.25) is 0 Å². The molecule has 9 heteroatoms. The SMILES string of the molecule is CCN(CC)c1ncc(Cc2ccc(N(C)C)nc2)cn1.CN(C)c1ccc(Cc2ccc(C(C)(C)C)cc2)cn1.CN(C)c1ccc(Cc2ccccc2)cn1. The lowest BCUT2D eigenvalue weighted by atomic mass is 9.86. The van der Waals surface area contributed by atoms with E-state index in [1.165, 1.54) is 33.4 Å². The van der Waals surface area contributed by atoms with E-state index in [-0.39, 0.29) is 5.41 Å². The van der Waals surface area contributed by atoms with Gasteiger partial charge < -0.3 is 19.6 Å². The Balaban J connectivity index is 0.000000191. The summed E-state index contributed by atoms with van der Waals surface area (Å²) in [5.74, 6) is 3.75. The zero-order chi connectivity index (χ0) is 41.4. The van der Waals surface area contributed by atoms with Crippen LogP contribution < -0.4 is 19.6 Å². The van der Waals surface area contributed by atoms with Crippen molar-refractivity contribution in [2.24, 2.45) is 0 Å². The predicted octanol–water partition coefficient (Wildman–Crippen LogP) is 9.15. The highest BCUT2D eigenvalue weighted by molar-refractivity contribution is 5.41. The van der Waals surface area contributed by atoms with Gasteiger partial charge in [0.05, 0.1) is 0 Å². The van der Waals surface area contributed by atoms with E-state index in [4.69, 9.17) is 0 Å². The topological polar surface area (TPSA) is 77.4 Å². The second kappa shape index (κ2) is 21.5. The Labute approximate surface area is 342 Å². The van der Waals surface area contributed by atoms with E-state index in [9.17, 15) is 0 Å². The minimum Gasteiger partial charge on any atom is -0.363 e. The molecule has 57 heavy (non-hydrogen) atoms. The molecule has 0 saturated heterocycles. The van der Waals surface area contributed by atoms with Crippen molar-refractivity contribution in [2.75, 3.05) is 75.0 Å². The number of anilines is 4. The molecule has 0 saturated carbocycles. The van der Waals surface area contributed by atoms with Crippen molar-refractivity contribution >= 4 is 23.4 Å². The Bertz CT molecular complexity index is 2000. The number of pyridine rings is 3. The van der Waals surface area contributed by atoms with Crippen LogP contribution in [0, 0.1) is 0 Å². The van der Waals surface area contributed by atoms with E-state index in [0.717, 1.165) is 61.3 Å². The molecular formula is C48H63N9. The molecule has 4 heterocycles. The Morgan fingerprint density at radius 3 is 1.09 bits per heavy atom. The van der Waals surface area contributed by atoms with Crippen LogP contribution in [0.1, 0.15) is 73.6 Å². The highest BCUT2D eigenvalue weighted by Crippen LogP contribution is 2.23. The van der Waals surface area contributed by atoms with Gasteiger partial charge in [0.1, 0.15) is 17.5 Å². The maximum atomic E-state index is 4.46. The molecule has 9 nitrogen and oxygen atoms in total. The monoisotopic (exact) mass is 766 g/mol. The number of benzene rings is 2. The Hall–Kier alpha value is -5.83. The molecule has 0 radical (unpaired) electrons. The lowest BCUT2D eigenvalue weighted by Gasteiger charge is -2.19. The van der Waals surface area contributed by atoms with Crippen LogP contribution in [0.4, 0.5) is 23.4 Å².